The lowest BCUT2D eigenvalue weighted by molar-refractivity contribution is 0.0975. The van der Waals surface area contributed by atoms with Gasteiger partial charge in [0.15, 0.2) is 5.78 Å². The molecule has 0 atom stereocenters. The summed E-state index contributed by atoms with van der Waals surface area (Å²) in [7, 11) is 0. The minimum Gasteiger partial charge on any atom is -0.352 e. The molecule has 198 valence electrons. The molecule has 1 fully saturated rings. The first-order chi connectivity index (χ1) is 17.5. The fourth-order valence-corrected chi connectivity index (χ4v) is 5.68. The molecule has 2 heteroatoms. The van der Waals surface area contributed by atoms with Gasteiger partial charge in [-0.05, 0) is 51.5 Å². The van der Waals surface area contributed by atoms with Crippen molar-refractivity contribution < 1.29 is 4.79 Å². The van der Waals surface area contributed by atoms with Crippen LogP contribution in [0.2, 0.25) is 0 Å². The van der Waals surface area contributed by atoms with E-state index in [9.17, 15) is 4.79 Å². The average molecular weight is 498 g/mol. The van der Waals surface area contributed by atoms with E-state index in [4.69, 9.17) is 0 Å². The molecule has 37 heavy (non-hydrogen) atoms. The first-order valence-electron chi connectivity index (χ1n) is 14.5. The van der Waals surface area contributed by atoms with Gasteiger partial charge in [0.05, 0.1) is 5.69 Å². The normalized spacial score (nSPS) is 15.2. The molecule has 1 heterocycles. The highest BCUT2D eigenvalue weighted by molar-refractivity contribution is 6.02. The molecular weight excluding hydrogens is 450 g/mol. The number of aromatic nitrogens is 1. The molecule has 1 aromatic heterocycles. The van der Waals surface area contributed by atoms with E-state index >= 15 is 0 Å². The van der Waals surface area contributed by atoms with Gasteiger partial charge in [0.2, 0.25) is 0 Å². The highest BCUT2D eigenvalue weighted by Crippen LogP contribution is 2.34. The Bertz CT molecular complexity index is 1160. The van der Waals surface area contributed by atoms with Crippen molar-refractivity contribution in [3.63, 3.8) is 0 Å². The van der Waals surface area contributed by atoms with E-state index in [0.29, 0.717) is 6.42 Å². The SMILES string of the molecule is CC(C)(C)c1ccc(-c2cc(-c3ccc(C(C)(C)C)cc3)c(C(=O)CCCCC3CCCCC3)[nH]2)cc1. The van der Waals surface area contributed by atoms with Crippen LogP contribution in [0.25, 0.3) is 22.4 Å². The van der Waals surface area contributed by atoms with Crippen LogP contribution in [-0.4, -0.2) is 10.8 Å². The maximum atomic E-state index is 13.5. The Morgan fingerprint density at radius 2 is 1.30 bits per heavy atom. The second kappa shape index (κ2) is 11.4. The fourth-order valence-electron chi connectivity index (χ4n) is 5.68. The maximum Gasteiger partial charge on any atom is 0.179 e. The van der Waals surface area contributed by atoms with Crippen molar-refractivity contribution in [2.45, 2.75) is 110 Å². The Hall–Kier alpha value is -2.61. The van der Waals surface area contributed by atoms with Crippen molar-refractivity contribution in [2.75, 3.05) is 0 Å². The Balaban J connectivity index is 1.56. The monoisotopic (exact) mass is 497 g/mol. The van der Waals surface area contributed by atoms with Gasteiger partial charge in [-0.1, -0.05) is 135 Å². The molecule has 0 unspecified atom stereocenters. The summed E-state index contributed by atoms with van der Waals surface area (Å²) in [4.78, 5) is 17.1. The molecule has 1 aliphatic rings. The molecule has 3 aromatic rings. The Kier molecular flexibility index (Phi) is 8.46. The molecule has 2 aromatic carbocycles. The summed E-state index contributed by atoms with van der Waals surface area (Å²) >= 11 is 0. The van der Waals surface area contributed by atoms with Crippen LogP contribution in [0.4, 0.5) is 0 Å². The molecule has 0 aliphatic heterocycles. The summed E-state index contributed by atoms with van der Waals surface area (Å²) < 4.78 is 0. The molecular formula is C35H47NO. The second-order valence-electron chi connectivity index (χ2n) is 13.3. The molecule has 0 radical (unpaired) electrons. The number of rotatable bonds is 8. The largest absolute Gasteiger partial charge is 0.352 e. The van der Waals surface area contributed by atoms with Gasteiger partial charge in [-0.25, -0.2) is 0 Å². The van der Waals surface area contributed by atoms with E-state index in [2.05, 4.69) is 101 Å². The van der Waals surface area contributed by atoms with E-state index in [1.807, 2.05) is 0 Å². The Labute approximate surface area is 225 Å². The van der Waals surface area contributed by atoms with Gasteiger partial charge in [0.25, 0.3) is 0 Å². The number of nitrogens with one attached hydrogen (secondary N) is 1. The van der Waals surface area contributed by atoms with Gasteiger partial charge in [0, 0.05) is 17.7 Å². The van der Waals surface area contributed by atoms with Crippen molar-refractivity contribution in [1.29, 1.82) is 0 Å². The highest BCUT2D eigenvalue weighted by atomic mass is 16.1. The number of unbranched alkanes of at least 4 members (excludes halogenated alkanes) is 1. The molecule has 2 nitrogen and oxygen atoms in total. The molecule has 1 aliphatic carbocycles. The van der Waals surface area contributed by atoms with Gasteiger partial charge in [-0.2, -0.15) is 0 Å². The van der Waals surface area contributed by atoms with Gasteiger partial charge in [0.1, 0.15) is 0 Å². The summed E-state index contributed by atoms with van der Waals surface area (Å²) in [6.45, 7) is 13.4. The number of ketones is 1. The smallest absolute Gasteiger partial charge is 0.179 e. The van der Waals surface area contributed by atoms with Crippen molar-refractivity contribution in [3.05, 3.63) is 71.4 Å². The van der Waals surface area contributed by atoms with Crippen LogP contribution in [0.5, 0.6) is 0 Å². The fraction of sp³-hybridized carbons (Fsp3) is 0.514. The third-order valence-corrected chi connectivity index (χ3v) is 8.21. The van der Waals surface area contributed by atoms with Crippen LogP contribution >= 0.6 is 0 Å². The standard InChI is InChI=1S/C35H47NO/c1-34(2,3)28-20-16-26(17-21-28)30-24-31(27-18-22-29(23-19-27)35(4,5)6)36-33(30)32(37)15-11-10-14-25-12-8-7-9-13-25/h16-25,36H,7-15H2,1-6H3. The zero-order chi connectivity index (χ0) is 26.6. The third-order valence-electron chi connectivity index (χ3n) is 8.21. The van der Waals surface area contributed by atoms with E-state index < -0.39 is 0 Å². The number of hydrogen-bond donors (Lipinski definition) is 1. The second-order valence-corrected chi connectivity index (χ2v) is 13.3. The molecule has 0 amide bonds. The Morgan fingerprint density at radius 3 is 1.84 bits per heavy atom. The first kappa shape index (κ1) is 27.4. The van der Waals surface area contributed by atoms with Gasteiger partial charge < -0.3 is 4.98 Å². The highest BCUT2D eigenvalue weighted by Gasteiger charge is 2.20. The number of carbonyl (C=O) groups excluding carboxylic acids is 1. The van der Waals surface area contributed by atoms with Crippen LogP contribution in [0.3, 0.4) is 0 Å². The summed E-state index contributed by atoms with van der Waals surface area (Å²) in [6.07, 6.45) is 11.0. The maximum absolute atomic E-state index is 13.5. The summed E-state index contributed by atoms with van der Waals surface area (Å²) in [5, 5.41) is 0. The number of aromatic amines is 1. The molecule has 4 rings (SSSR count). The lowest BCUT2D eigenvalue weighted by atomic mass is 9.85. The molecule has 0 bridgehead atoms. The van der Waals surface area contributed by atoms with Crippen molar-refractivity contribution >= 4 is 5.78 Å². The van der Waals surface area contributed by atoms with Crippen LogP contribution < -0.4 is 0 Å². The van der Waals surface area contributed by atoms with Gasteiger partial charge in [-0.15, -0.1) is 0 Å². The minimum atomic E-state index is 0.105. The molecule has 1 N–H and O–H groups in total. The average Bonchev–Trinajstić information content (AvgIpc) is 3.32. The number of hydrogen-bond acceptors (Lipinski definition) is 1. The van der Waals surface area contributed by atoms with Crippen LogP contribution in [0.1, 0.15) is 121 Å². The predicted molar refractivity (Wildman–Crippen MR) is 158 cm³/mol. The zero-order valence-corrected chi connectivity index (χ0v) is 24.0. The molecule has 0 saturated heterocycles. The third kappa shape index (κ3) is 7.03. The molecule has 1 saturated carbocycles. The first-order valence-corrected chi connectivity index (χ1v) is 14.5. The number of H-pyrrole nitrogens is 1. The zero-order valence-electron chi connectivity index (χ0n) is 24.0. The summed E-state index contributed by atoms with van der Waals surface area (Å²) in [5.41, 5.74) is 7.87. The van der Waals surface area contributed by atoms with E-state index in [0.717, 1.165) is 46.8 Å². The van der Waals surface area contributed by atoms with E-state index in [-0.39, 0.29) is 16.6 Å². The number of carbonyl (C=O) groups is 1. The summed E-state index contributed by atoms with van der Waals surface area (Å²) in [5.74, 6) is 1.12. The van der Waals surface area contributed by atoms with Crippen LogP contribution in [-0.2, 0) is 10.8 Å². The van der Waals surface area contributed by atoms with Crippen molar-refractivity contribution in [1.82, 2.24) is 4.98 Å². The topological polar surface area (TPSA) is 32.9 Å². The van der Waals surface area contributed by atoms with Crippen LogP contribution in [0.15, 0.2) is 54.6 Å². The Morgan fingerprint density at radius 1 is 0.757 bits per heavy atom. The minimum absolute atomic E-state index is 0.105. The summed E-state index contributed by atoms with van der Waals surface area (Å²) in [6, 6.07) is 19.7. The van der Waals surface area contributed by atoms with Gasteiger partial charge in [-0.3, -0.25) is 4.79 Å². The van der Waals surface area contributed by atoms with Crippen molar-refractivity contribution in [3.8, 4) is 22.4 Å². The van der Waals surface area contributed by atoms with Crippen molar-refractivity contribution in [2.24, 2.45) is 5.92 Å². The van der Waals surface area contributed by atoms with E-state index in [1.54, 1.807) is 0 Å². The predicted octanol–water partition coefficient (Wildman–Crippen LogP) is 10.3. The number of benzene rings is 2. The van der Waals surface area contributed by atoms with Gasteiger partial charge >= 0.3 is 0 Å². The lowest BCUT2D eigenvalue weighted by Crippen LogP contribution is -2.10. The molecule has 0 spiro atoms. The number of Topliss-reactive ketones (excluding diaryl/α,β-unsaturated/α-hetero) is 1. The van der Waals surface area contributed by atoms with E-state index in [1.165, 1.54) is 49.7 Å². The van der Waals surface area contributed by atoms with Crippen LogP contribution in [0, 0.1) is 5.92 Å². The lowest BCUT2D eigenvalue weighted by Gasteiger charge is -2.21. The quantitative estimate of drug-likeness (QED) is 0.244.